The van der Waals surface area contributed by atoms with Crippen LogP contribution in [0.25, 0.3) is 5.65 Å². The van der Waals surface area contributed by atoms with Crippen LogP contribution in [0.1, 0.15) is 24.4 Å². The smallest absolute Gasteiger partial charge is 0.243 e. The second-order valence-electron chi connectivity index (χ2n) is 5.38. The molecule has 0 bridgehead atoms. The highest BCUT2D eigenvalue weighted by Gasteiger charge is 2.27. The van der Waals surface area contributed by atoms with E-state index in [2.05, 4.69) is 21.2 Å². The fraction of sp³-hybridized carbons (Fsp3) is 0.250. The number of benzene rings is 1. The van der Waals surface area contributed by atoms with Gasteiger partial charge in [0.2, 0.25) is 5.95 Å². The van der Waals surface area contributed by atoms with Crippen LogP contribution < -0.4 is 4.90 Å². The largest absolute Gasteiger partial charge is 0.348 e. The van der Waals surface area contributed by atoms with Crippen LogP contribution in [0, 0.1) is 18.0 Å². The molecule has 1 saturated heterocycles. The van der Waals surface area contributed by atoms with E-state index in [4.69, 9.17) is 0 Å². The van der Waals surface area contributed by atoms with E-state index in [0.717, 1.165) is 30.8 Å². The maximum Gasteiger partial charge on any atom is 0.243 e. The number of nitrogens with zero attached hydrogens (tertiary/aromatic N) is 4. The molecule has 3 aromatic rings. The zero-order valence-corrected chi connectivity index (χ0v) is 11.7. The Bertz CT molecular complexity index is 813. The van der Waals surface area contributed by atoms with E-state index in [1.807, 2.05) is 6.07 Å². The van der Waals surface area contributed by atoms with Crippen LogP contribution in [0.3, 0.4) is 0 Å². The normalized spacial score (nSPS) is 18.3. The molecular formula is C16H13F2N4. The average molecular weight is 299 g/mol. The van der Waals surface area contributed by atoms with Crippen LogP contribution in [-0.2, 0) is 0 Å². The molecule has 0 unspecified atom stereocenters. The molecule has 1 radical (unpaired) electrons. The first-order chi connectivity index (χ1) is 10.7. The quantitative estimate of drug-likeness (QED) is 0.729. The highest BCUT2D eigenvalue weighted by atomic mass is 19.1. The van der Waals surface area contributed by atoms with Gasteiger partial charge in [0.15, 0.2) is 11.8 Å². The van der Waals surface area contributed by atoms with E-state index in [9.17, 15) is 8.78 Å². The molecule has 0 saturated carbocycles. The Morgan fingerprint density at radius 2 is 1.91 bits per heavy atom. The van der Waals surface area contributed by atoms with Crippen molar-refractivity contribution in [2.75, 3.05) is 11.4 Å². The molecule has 1 aliphatic rings. The highest BCUT2D eigenvalue weighted by Crippen LogP contribution is 2.35. The average Bonchev–Trinajstić information content (AvgIpc) is 3.12. The van der Waals surface area contributed by atoms with Gasteiger partial charge in [-0.1, -0.05) is 12.1 Å². The summed E-state index contributed by atoms with van der Waals surface area (Å²) in [5.74, 6) is -0.162. The first-order valence-electron chi connectivity index (χ1n) is 7.17. The van der Waals surface area contributed by atoms with Crippen LogP contribution in [0.2, 0.25) is 0 Å². The lowest BCUT2D eigenvalue weighted by Gasteiger charge is -2.25. The SMILES string of the molecule is Fc1ccc([C@@H]2CCCN2c2ccc3nc(F)[c]n3n2)cc1. The molecule has 1 atom stereocenters. The van der Waals surface area contributed by atoms with Crippen molar-refractivity contribution in [3.63, 3.8) is 0 Å². The van der Waals surface area contributed by atoms with E-state index in [-0.39, 0.29) is 11.9 Å². The summed E-state index contributed by atoms with van der Waals surface area (Å²) in [6.07, 6.45) is 4.45. The number of aromatic nitrogens is 3. The van der Waals surface area contributed by atoms with Gasteiger partial charge in [-0.25, -0.2) is 8.91 Å². The summed E-state index contributed by atoms with van der Waals surface area (Å²) in [7, 11) is 0. The lowest BCUT2D eigenvalue weighted by Crippen LogP contribution is -2.24. The predicted octanol–water partition coefficient (Wildman–Crippen LogP) is 3.15. The Kier molecular flexibility index (Phi) is 3.03. The minimum Gasteiger partial charge on any atom is -0.348 e. The second-order valence-corrected chi connectivity index (χ2v) is 5.38. The van der Waals surface area contributed by atoms with Gasteiger partial charge in [-0.15, -0.1) is 5.10 Å². The lowest BCUT2D eigenvalue weighted by molar-refractivity contribution is 0.588. The molecule has 0 N–H and O–H groups in total. The van der Waals surface area contributed by atoms with Gasteiger partial charge < -0.3 is 4.90 Å². The van der Waals surface area contributed by atoms with Gasteiger partial charge in [0, 0.05) is 6.54 Å². The second kappa shape index (κ2) is 5.05. The Hall–Kier alpha value is -2.50. The van der Waals surface area contributed by atoms with Gasteiger partial charge in [-0.3, -0.25) is 0 Å². The Morgan fingerprint density at radius 3 is 2.73 bits per heavy atom. The first-order valence-corrected chi connectivity index (χ1v) is 7.17. The van der Waals surface area contributed by atoms with Gasteiger partial charge in [-0.2, -0.15) is 9.37 Å². The van der Waals surface area contributed by atoms with Crippen LogP contribution in [-0.4, -0.2) is 21.1 Å². The van der Waals surface area contributed by atoms with E-state index < -0.39 is 5.95 Å². The number of imidazole rings is 1. The van der Waals surface area contributed by atoms with Crippen molar-refractivity contribution >= 4 is 11.5 Å². The van der Waals surface area contributed by atoms with E-state index >= 15 is 0 Å². The number of hydrogen-bond donors (Lipinski definition) is 0. The van der Waals surface area contributed by atoms with E-state index in [1.54, 1.807) is 18.2 Å². The fourth-order valence-corrected chi connectivity index (χ4v) is 3.01. The summed E-state index contributed by atoms with van der Waals surface area (Å²) >= 11 is 0. The summed E-state index contributed by atoms with van der Waals surface area (Å²) in [5.41, 5.74) is 1.49. The molecule has 0 amide bonds. The highest BCUT2D eigenvalue weighted by molar-refractivity contribution is 5.48. The van der Waals surface area contributed by atoms with Crippen molar-refractivity contribution in [1.29, 1.82) is 0 Å². The van der Waals surface area contributed by atoms with Gasteiger partial charge in [-0.05, 0) is 42.7 Å². The third kappa shape index (κ3) is 2.20. The lowest BCUT2D eigenvalue weighted by atomic mass is 10.0. The van der Waals surface area contributed by atoms with Crippen molar-refractivity contribution in [3.05, 3.63) is 59.9 Å². The molecule has 4 rings (SSSR count). The van der Waals surface area contributed by atoms with E-state index in [1.165, 1.54) is 16.6 Å². The zero-order valence-electron chi connectivity index (χ0n) is 11.7. The number of anilines is 1. The predicted molar refractivity (Wildman–Crippen MR) is 77.5 cm³/mol. The van der Waals surface area contributed by atoms with Crippen molar-refractivity contribution in [3.8, 4) is 0 Å². The van der Waals surface area contributed by atoms with Gasteiger partial charge >= 0.3 is 0 Å². The van der Waals surface area contributed by atoms with Gasteiger partial charge in [0.25, 0.3) is 0 Å². The van der Waals surface area contributed by atoms with Crippen LogP contribution in [0.5, 0.6) is 0 Å². The molecular weight excluding hydrogens is 286 g/mol. The van der Waals surface area contributed by atoms with Crippen molar-refractivity contribution < 1.29 is 8.78 Å². The third-order valence-corrected chi connectivity index (χ3v) is 4.01. The number of halogens is 2. The fourth-order valence-electron chi connectivity index (χ4n) is 3.01. The monoisotopic (exact) mass is 299 g/mol. The Balaban J connectivity index is 1.70. The zero-order chi connectivity index (χ0) is 15.1. The first kappa shape index (κ1) is 13.2. The standard InChI is InChI=1S/C16H13F2N4/c17-12-5-3-11(4-6-12)13-2-1-9-21(13)16-8-7-15-19-14(18)10-22(15)20-16/h3-8,13H,1-2,9H2/t13-/m0/s1. The van der Waals surface area contributed by atoms with Crippen LogP contribution in [0.4, 0.5) is 14.6 Å². The number of fused-ring (bicyclic) bond motifs is 1. The van der Waals surface area contributed by atoms with E-state index in [0.29, 0.717) is 5.65 Å². The topological polar surface area (TPSA) is 33.4 Å². The number of hydrogen-bond acceptors (Lipinski definition) is 3. The molecule has 1 aliphatic heterocycles. The maximum atomic E-state index is 13.1. The molecule has 1 aromatic carbocycles. The summed E-state index contributed by atoms with van der Waals surface area (Å²) < 4.78 is 27.6. The van der Waals surface area contributed by atoms with Crippen LogP contribution >= 0.6 is 0 Å². The van der Waals surface area contributed by atoms with Crippen molar-refractivity contribution in [1.82, 2.24) is 14.6 Å². The summed E-state index contributed by atoms with van der Waals surface area (Å²) in [6.45, 7) is 0.859. The summed E-state index contributed by atoms with van der Waals surface area (Å²) in [4.78, 5) is 5.84. The summed E-state index contributed by atoms with van der Waals surface area (Å²) in [5, 5.41) is 4.38. The Morgan fingerprint density at radius 1 is 1.09 bits per heavy atom. The Labute approximate surface area is 126 Å². The molecule has 22 heavy (non-hydrogen) atoms. The molecule has 2 aromatic heterocycles. The molecule has 4 nitrogen and oxygen atoms in total. The molecule has 0 spiro atoms. The molecule has 6 heteroatoms. The number of rotatable bonds is 2. The molecule has 111 valence electrons. The molecule has 0 aliphatic carbocycles. The summed E-state index contributed by atoms with van der Waals surface area (Å²) in [6, 6.07) is 10.3. The minimum absolute atomic E-state index is 0.152. The third-order valence-electron chi connectivity index (χ3n) is 4.01. The maximum absolute atomic E-state index is 13.1. The van der Waals surface area contributed by atoms with Gasteiger partial charge in [0.05, 0.1) is 6.04 Å². The van der Waals surface area contributed by atoms with Gasteiger partial charge in [0.1, 0.15) is 11.6 Å². The van der Waals surface area contributed by atoms with Crippen LogP contribution in [0.15, 0.2) is 36.4 Å². The molecule has 1 fully saturated rings. The molecule has 3 heterocycles. The van der Waals surface area contributed by atoms with Crippen molar-refractivity contribution in [2.24, 2.45) is 0 Å². The van der Waals surface area contributed by atoms with Crippen molar-refractivity contribution in [2.45, 2.75) is 18.9 Å². The minimum atomic E-state index is -0.666.